The molecule has 0 amide bonds. The minimum atomic E-state index is -1.08. The van der Waals surface area contributed by atoms with Crippen LogP contribution in [0.5, 0.6) is 0 Å². The summed E-state index contributed by atoms with van der Waals surface area (Å²) in [5.41, 5.74) is 10.5. The van der Waals surface area contributed by atoms with E-state index in [9.17, 15) is 0 Å². The summed E-state index contributed by atoms with van der Waals surface area (Å²) in [5, 5.41) is 15.2. The van der Waals surface area contributed by atoms with E-state index >= 15 is 0 Å². The summed E-state index contributed by atoms with van der Waals surface area (Å²) in [4.78, 5) is 8.89. The van der Waals surface area contributed by atoms with Gasteiger partial charge in [0.1, 0.15) is 0 Å². The van der Waals surface area contributed by atoms with Gasteiger partial charge >= 0.3 is 29.6 Å². The minimum Gasteiger partial charge on any atom is -0.550 e. The van der Waals surface area contributed by atoms with E-state index in [1.807, 2.05) is 0 Å². The predicted octanol–water partition coefficient (Wildman–Crippen LogP) is -6.16. The predicted molar refractivity (Wildman–Crippen MR) is 54.5 cm³/mol. The van der Waals surface area contributed by atoms with Crippen molar-refractivity contribution in [2.75, 3.05) is 39.3 Å². The second-order valence-corrected chi connectivity index (χ2v) is 2.57. The molecule has 0 aliphatic heterocycles. The maximum Gasteiger partial charge on any atom is 1.00 e. The Hall–Kier alpha value is 0.310. The average molecular weight is 228 g/mol. The number of carbonyl (C=O) groups is 1. The zero-order chi connectivity index (χ0) is 11.2. The van der Waals surface area contributed by atoms with Crippen LogP contribution < -0.4 is 56.8 Å². The van der Waals surface area contributed by atoms with Crippen LogP contribution in [0.4, 0.5) is 0 Å². The van der Waals surface area contributed by atoms with Gasteiger partial charge in [0.15, 0.2) is 0 Å². The van der Waals surface area contributed by atoms with Gasteiger partial charge in [0.2, 0.25) is 0 Å². The van der Waals surface area contributed by atoms with Crippen molar-refractivity contribution in [2.24, 2.45) is 11.5 Å². The molecule has 0 aromatic carbocycles. The van der Waals surface area contributed by atoms with E-state index in [2.05, 4.69) is 10.6 Å². The molecule has 0 bridgehead atoms. The van der Waals surface area contributed by atoms with Crippen LogP contribution in [0, 0.1) is 0 Å². The summed E-state index contributed by atoms with van der Waals surface area (Å²) in [7, 11) is 0. The number of nitrogens with two attached hydrogens (primary N) is 2. The summed E-state index contributed by atoms with van der Waals surface area (Å²) in [5.74, 6) is -1.08. The molecule has 0 rings (SSSR count). The Morgan fingerprint density at radius 3 is 1.53 bits per heavy atom. The molecular formula is C8H21N4NaO2. The van der Waals surface area contributed by atoms with E-state index in [-0.39, 0.29) is 29.6 Å². The summed E-state index contributed by atoms with van der Waals surface area (Å²) in [6, 6.07) is 0. The number of nitrogens with one attached hydrogen (secondary N) is 2. The van der Waals surface area contributed by atoms with Crippen molar-refractivity contribution in [1.29, 1.82) is 0 Å². The Bertz CT molecular complexity index is 115. The van der Waals surface area contributed by atoms with Gasteiger partial charge in [-0.2, -0.15) is 0 Å². The number of hydrogen-bond donors (Lipinski definition) is 4. The first-order chi connectivity index (χ1) is 6.65. The van der Waals surface area contributed by atoms with Crippen LogP contribution >= 0.6 is 0 Å². The third-order valence-corrected chi connectivity index (χ3v) is 1.12. The SMILES string of the molecule is CC(=O)[O-].NCCNCCNCCN.[Na+]. The summed E-state index contributed by atoms with van der Waals surface area (Å²) in [6.07, 6.45) is 0. The van der Waals surface area contributed by atoms with Crippen molar-refractivity contribution < 1.29 is 39.5 Å². The van der Waals surface area contributed by atoms with E-state index in [0.717, 1.165) is 33.1 Å². The second-order valence-electron chi connectivity index (χ2n) is 2.57. The summed E-state index contributed by atoms with van der Waals surface area (Å²) >= 11 is 0. The van der Waals surface area contributed by atoms with Gasteiger partial charge in [-0.25, -0.2) is 0 Å². The first-order valence-electron chi connectivity index (χ1n) is 4.64. The van der Waals surface area contributed by atoms with Gasteiger partial charge in [-0.1, -0.05) is 0 Å². The number of aliphatic carboxylic acids is 1. The number of carboxylic acid groups (broad SMARTS) is 1. The normalized spacial score (nSPS) is 8.47. The molecule has 0 saturated heterocycles. The van der Waals surface area contributed by atoms with E-state index < -0.39 is 5.97 Å². The van der Waals surface area contributed by atoms with Gasteiger partial charge in [0, 0.05) is 45.2 Å². The maximum absolute atomic E-state index is 8.89. The standard InChI is InChI=1S/C6H18N4.C2H4O2.Na/c7-1-3-9-5-6-10-4-2-8;1-2(3)4;/h9-10H,1-8H2;1H3,(H,3,4);/q;;+1/p-1. The van der Waals surface area contributed by atoms with Crippen molar-refractivity contribution >= 4 is 5.97 Å². The van der Waals surface area contributed by atoms with Crippen LogP contribution in [0.25, 0.3) is 0 Å². The Labute approximate surface area is 113 Å². The number of rotatable bonds is 7. The molecule has 6 N–H and O–H groups in total. The van der Waals surface area contributed by atoms with Crippen LogP contribution in [0.1, 0.15) is 6.92 Å². The van der Waals surface area contributed by atoms with E-state index in [4.69, 9.17) is 21.4 Å². The number of hydrogen-bond acceptors (Lipinski definition) is 6. The summed E-state index contributed by atoms with van der Waals surface area (Å²) < 4.78 is 0. The van der Waals surface area contributed by atoms with Crippen molar-refractivity contribution in [3.05, 3.63) is 0 Å². The smallest absolute Gasteiger partial charge is 0.550 e. The van der Waals surface area contributed by atoms with Gasteiger partial charge in [-0.15, -0.1) is 0 Å². The Morgan fingerprint density at radius 1 is 1.07 bits per heavy atom. The van der Waals surface area contributed by atoms with Crippen molar-refractivity contribution in [3.8, 4) is 0 Å². The number of carboxylic acids is 1. The fraction of sp³-hybridized carbons (Fsp3) is 0.875. The third-order valence-electron chi connectivity index (χ3n) is 1.12. The van der Waals surface area contributed by atoms with Crippen LogP contribution in [-0.4, -0.2) is 45.2 Å². The van der Waals surface area contributed by atoms with Gasteiger partial charge < -0.3 is 32.0 Å². The van der Waals surface area contributed by atoms with Gasteiger partial charge in [-0.05, 0) is 6.92 Å². The molecule has 0 saturated carbocycles. The molecule has 0 unspecified atom stereocenters. The topological polar surface area (TPSA) is 116 Å². The van der Waals surface area contributed by atoms with E-state index in [0.29, 0.717) is 13.1 Å². The molecular weight excluding hydrogens is 207 g/mol. The molecule has 0 aromatic heterocycles. The second kappa shape index (κ2) is 19.8. The molecule has 0 heterocycles. The molecule has 0 radical (unpaired) electrons. The Balaban J connectivity index is -0.000000249. The largest absolute Gasteiger partial charge is 1.00 e. The van der Waals surface area contributed by atoms with Crippen molar-refractivity contribution in [1.82, 2.24) is 10.6 Å². The molecule has 0 aromatic rings. The molecule has 0 aliphatic rings. The fourth-order valence-corrected chi connectivity index (χ4v) is 0.631. The third kappa shape index (κ3) is 40.6. The molecule has 0 fully saturated rings. The first-order valence-corrected chi connectivity index (χ1v) is 4.64. The van der Waals surface area contributed by atoms with Crippen molar-refractivity contribution in [2.45, 2.75) is 6.92 Å². The molecule has 0 spiro atoms. The van der Waals surface area contributed by atoms with E-state index in [1.165, 1.54) is 0 Å². The molecule has 0 atom stereocenters. The zero-order valence-corrected chi connectivity index (χ0v) is 11.7. The van der Waals surface area contributed by atoms with E-state index in [1.54, 1.807) is 0 Å². The van der Waals surface area contributed by atoms with Crippen LogP contribution in [0.15, 0.2) is 0 Å². The van der Waals surface area contributed by atoms with Crippen LogP contribution in [0.3, 0.4) is 0 Å². The molecule has 0 aliphatic carbocycles. The maximum atomic E-state index is 8.89. The van der Waals surface area contributed by atoms with Gasteiger partial charge in [0.05, 0.1) is 0 Å². The average Bonchev–Trinajstić information content (AvgIpc) is 2.10. The van der Waals surface area contributed by atoms with Gasteiger partial charge in [-0.3, -0.25) is 0 Å². The quantitative estimate of drug-likeness (QED) is 0.254. The Morgan fingerprint density at radius 2 is 1.33 bits per heavy atom. The van der Waals surface area contributed by atoms with Crippen molar-refractivity contribution in [3.63, 3.8) is 0 Å². The Kier molecular flexibility index (Phi) is 27.3. The van der Waals surface area contributed by atoms with Crippen LogP contribution in [-0.2, 0) is 4.79 Å². The molecule has 7 heteroatoms. The number of carbonyl (C=O) groups excluding carboxylic acids is 1. The molecule has 15 heavy (non-hydrogen) atoms. The molecule has 6 nitrogen and oxygen atoms in total. The molecule has 86 valence electrons. The first kappa shape index (κ1) is 20.7. The monoisotopic (exact) mass is 228 g/mol. The van der Waals surface area contributed by atoms with Gasteiger partial charge in [0.25, 0.3) is 0 Å². The zero-order valence-electron chi connectivity index (χ0n) is 9.71. The van der Waals surface area contributed by atoms with Crippen LogP contribution in [0.2, 0.25) is 0 Å². The summed E-state index contributed by atoms with van der Waals surface area (Å²) in [6.45, 7) is 6.11. The fourth-order valence-electron chi connectivity index (χ4n) is 0.631. The minimum absolute atomic E-state index is 0.